The molecule has 0 heteroatoms. The fraction of sp³-hybridized carbons (Fsp3) is 0.0811. The summed E-state index contributed by atoms with van der Waals surface area (Å²) in [7, 11) is 0. The Labute approximate surface area is 430 Å². The first kappa shape index (κ1) is 40.7. The summed E-state index contributed by atoms with van der Waals surface area (Å²) < 4.78 is 0. The van der Waals surface area contributed by atoms with E-state index in [1.807, 2.05) is 0 Å². The Balaban J connectivity index is 0.969. The Morgan fingerprint density at radius 1 is 0.216 bits per heavy atom. The molecule has 74 heavy (non-hydrogen) atoms. The van der Waals surface area contributed by atoms with Gasteiger partial charge in [-0.2, -0.15) is 0 Å². The summed E-state index contributed by atoms with van der Waals surface area (Å²) in [5.41, 5.74) is 29.0. The van der Waals surface area contributed by atoms with Crippen LogP contribution in [0.5, 0.6) is 0 Å². The summed E-state index contributed by atoms with van der Waals surface area (Å²) in [5.74, 6) is 0. The van der Waals surface area contributed by atoms with Crippen molar-refractivity contribution in [3.05, 3.63) is 241 Å². The topological polar surface area (TPSA) is 0 Å². The fourth-order valence-electron chi connectivity index (χ4n) is 15.0. The third-order valence-electron chi connectivity index (χ3n) is 18.3. The van der Waals surface area contributed by atoms with Gasteiger partial charge in [0.15, 0.2) is 0 Å². The van der Waals surface area contributed by atoms with E-state index in [0.717, 1.165) is 0 Å². The minimum Gasteiger partial charge on any atom is -0.0619 e. The van der Waals surface area contributed by atoms with Crippen LogP contribution in [0, 0.1) is 0 Å². The van der Waals surface area contributed by atoms with Gasteiger partial charge in [0.05, 0.1) is 0 Å². The first-order chi connectivity index (χ1) is 36.2. The molecule has 0 saturated carbocycles. The van der Waals surface area contributed by atoms with Gasteiger partial charge in [-0.3, -0.25) is 0 Å². The molecule has 17 rings (SSSR count). The molecular weight excluding hydrogens is 889 g/mol. The fourth-order valence-corrected chi connectivity index (χ4v) is 15.0. The first-order valence-electron chi connectivity index (χ1n) is 26.4. The van der Waals surface area contributed by atoms with Gasteiger partial charge >= 0.3 is 0 Å². The molecule has 0 radical (unpaired) electrons. The Bertz CT molecular complexity index is 4760. The number of hydrogen-bond acceptors (Lipinski definition) is 0. The second-order valence-corrected chi connectivity index (χ2v) is 22.6. The van der Waals surface area contributed by atoms with Crippen LogP contribution in [0.25, 0.3) is 154 Å². The molecular formula is C74H48. The monoisotopic (exact) mass is 936 g/mol. The molecule has 4 aliphatic rings. The molecule has 0 heterocycles. The van der Waals surface area contributed by atoms with Crippen molar-refractivity contribution in [2.75, 3.05) is 0 Å². The van der Waals surface area contributed by atoms with Crippen LogP contribution in [0.3, 0.4) is 0 Å². The molecule has 344 valence electrons. The Kier molecular flexibility index (Phi) is 7.71. The molecule has 4 aliphatic carbocycles. The summed E-state index contributed by atoms with van der Waals surface area (Å²) in [6.45, 7) is 9.63. The molecule has 0 bridgehead atoms. The van der Waals surface area contributed by atoms with Crippen molar-refractivity contribution in [3.63, 3.8) is 0 Å². The van der Waals surface area contributed by atoms with Crippen LogP contribution in [0.4, 0.5) is 0 Å². The molecule has 0 atom stereocenters. The SMILES string of the molecule is CC1(C)c2ccccc2-c2ccc(-c3c4c(c(-c5ccc6c(c5)C(C)(C)c5ccccc5-6)c5ccccc35)-c3cc5c6ccccc6c(-c6ccc7c(c6)-c6cccc8cccc-7c68)cc5c5cccc-4c35)cc21. The number of rotatable bonds is 3. The standard InChI is InChI=1S/C74H48/c1-73(2)63-28-11-9-20-48(63)50-34-31-43(37-65(50)73)68-53-22-7-8-23-54(53)69(44-32-35-51-49-21-10-12-29-64(49)74(3,4)66(51)38-44)72-62-40-60-46-19-6-5-18-45(46)58(39-61(60)56-26-15-27-57(70(56)62)71(68)72)42-30-33-47-52-24-13-16-41-17-14-25-55(67(41)52)59(47)36-42/h5-40H,1-4H3. The molecule has 0 fully saturated rings. The summed E-state index contributed by atoms with van der Waals surface area (Å²) in [4.78, 5) is 0. The highest BCUT2D eigenvalue weighted by atomic mass is 14.4. The number of hydrogen-bond donors (Lipinski definition) is 0. The van der Waals surface area contributed by atoms with Crippen molar-refractivity contribution in [2.24, 2.45) is 0 Å². The third-order valence-corrected chi connectivity index (χ3v) is 18.3. The van der Waals surface area contributed by atoms with E-state index in [-0.39, 0.29) is 10.8 Å². The zero-order chi connectivity index (χ0) is 48.9. The molecule has 0 aromatic heterocycles. The summed E-state index contributed by atoms with van der Waals surface area (Å²) in [5, 5.41) is 13.0. The van der Waals surface area contributed by atoms with Crippen LogP contribution < -0.4 is 0 Å². The van der Waals surface area contributed by atoms with Gasteiger partial charge in [-0.25, -0.2) is 0 Å². The van der Waals surface area contributed by atoms with Crippen LogP contribution >= 0.6 is 0 Å². The second-order valence-electron chi connectivity index (χ2n) is 22.6. The van der Waals surface area contributed by atoms with E-state index in [4.69, 9.17) is 0 Å². The van der Waals surface area contributed by atoms with Crippen molar-refractivity contribution in [3.8, 4) is 100 Å². The Morgan fingerprint density at radius 2 is 0.662 bits per heavy atom. The maximum Gasteiger partial charge on any atom is 0.0159 e. The molecule has 0 unspecified atom stereocenters. The molecule has 0 aliphatic heterocycles. The van der Waals surface area contributed by atoms with Crippen LogP contribution in [-0.4, -0.2) is 0 Å². The van der Waals surface area contributed by atoms with E-state index in [0.29, 0.717) is 0 Å². The minimum atomic E-state index is -0.137. The van der Waals surface area contributed by atoms with Crippen LogP contribution in [0.1, 0.15) is 49.9 Å². The van der Waals surface area contributed by atoms with E-state index >= 15 is 0 Å². The molecule has 0 amide bonds. The van der Waals surface area contributed by atoms with E-state index in [1.165, 1.54) is 176 Å². The number of fused-ring (bicyclic) bond motifs is 17. The lowest BCUT2D eigenvalue weighted by Crippen LogP contribution is -2.15. The average Bonchev–Trinajstić information content (AvgIpc) is 4.17. The van der Waals surface area contributed by atoms with E-state index in [2.05, 4.69) is 246 Å². The van der Waals surface area contributed by atoms with Crippen molar-refractivity contribution >= 4 is 53.9 Å². The molecule has 0 N–H and O–H groups in total. The average molecular weight is 937 g/mol. The quantitative estimate of drug-likeness (QED) is 0.155. The summed E-state index contributed by atoms with van der Waals surface area (Å²) >= 11 is 0. The molecule has 13 aromatic carbocycles. The third kappa shape index (κ3) is 5.03. The molecule has 0 spiro atoms. The van der Waals surface area contributed by atoms with Crippen LogP contribution in [0.15, 0.2) is 218 Å². The minimum absolute atomic E-state index is 0.134. The van der Waals surface area contributed by atoms with Crippen LogP contribution in [-0.2, 0) is 10.8 Å². The zero-order valence-corrected chi connectivity index (χ0v) is 41.8. The second kappa shape index (κ2) is 14.0. The van der Waals surface area contributed by atoms with Gasteiger partial charge in [-0.15, -0.1) is 0 Å². The van der Waals surface area contributed by atoms with Crippen LogP contribution in [0.2, 0.25) is 0 Å². The highest BCUT2D eigenvalue weighted by Crippen LogP contribution is 2.61. The molecule has 0 nitrogen and oxygen atoms in total. The normalized spacial score (nSPS) is 14.4. The van der Waals surface area contributed by atoms with Gasteiger partial charge in [0.25, 0.3) is 0 Å². The number of benzene rings is 13. The van der Waals surface area contributed by atoms with Gasteiger partial charge in [0.1, 0.15) is 0 Å². The lowest BCUT2D eigenvalue weighted by molar-refractivity contribution is 0.660. The highest BCUT2D eigenvalue weighted by molar-refractivity contribution is 6.33. The smallest absolute Gasteiger partial charge is 0.0159 e. The predicted molar refractivity (Wildman–Crippen MR) is 314 cm³/mol. The maximum absolute atomic E-state index is 2.58. The van der Waals surface area contributed by atoms with Gasteiger partial charge in [-0.05, 0) is 207 Å². The molecule has 0 saturated heterocycles. The van der Waals surface area contributed by atoms with Crippen molar-refractivity contribution < 1.29 is 0 Å². The van der Waals surface area contributed by atoms with Crippen molar-refractivity contribution in [2.45, 2.75) is 38.5 Å². The van der Waals surface area contributed by atoms with E-state index in [1.54, 1.807) is 0 Å². The lowest BCUT2D eigenvalue weighted by atomic mass is 9.78. The predicted octanol–water partition coefficient (Wildman–Crippen LogP) is 20.4. The largest absolute Gasteiger partial charge is 0.0619 e. The van der Waals surface area contributed by atoms with Gasteiger partial charge in [0, 0.05) is 10.8 Å². The summed E-state index contributed by atoms with van der Waals surface area (Å²) in [6.07, 6.45) is 0. The van der Waals surface area contributed by atoms with Crippen molar-refractivity contribution in [1.29, 1.82) is 0 Å². The first-order valence-corrected chi connectivity index (χ1v) is 26.4. The maximum atomic E-state index is 2.58. The molecule has 13 aromatic rings. The van der Waals surface area contributed by atoms with Crippen molar-refractivity contribution in [1.82, 2.24) is 0 Å². The summed E-state index contributed by atoms with van der Waals surface area (Å²) in [6, 6.07) is 84.2. The Hall–Kier alpha value is -8.84. The highest BCUT2D eigenvalue weighted by Gasteiger charge is 2.39. The van der Waals surface area contributed by atoms with Gasteiger partial charge in [0.2, 0.25) is 0 Å². The van der Waals surface area contributed by atoms with E-state index < -0.39 is 0 Å². The lowest BCUT2D eigenvalue weighted by Gasteiger charge is -2.25. The van der Waals surface area contributed by atoms with Gasteiger partial charge < -0.3 is 0 Å². The zero-order valence-electron chi connectivity index (χ0n) is 41.8. The Morgan fingerprint density at radius 3 is 1.31 bits per heavy atom. The van der Waals surface area contributed by atoms with E-state index in [9.17, 15) is 0 Å². The van der Waals surface area contributed by atoms with Gasteiger partial charge in [-0.1, -0.05) is 216 Å².